The molecule has 1 saturated heterocycles. The molecule has 1 aliphatic rings. The zero-order chi connectivity index (χ0) is 24.4. The third-order valence-corrected chi connectivity index (χ3v) is 6.91. The van der Waals surface area contributed by atoms with Crippen LogP contribution in [0.5, 0.6) is 0 Å². The zero-order valence-corrected chi connectivity index (χ0v) is 20.2. The quantitative estimate of drug-likeness (QED) is 0.425. The number of hydrogen-bond acceptors (Lipinski definition) is 3. The molecule has 2 aromatic heterocycles. The lowest BCUT2D eigenvalue weighted by molar-refractivity contribution is -0.121. The van der Waals surface area contributed by atoms with Gasteiger partial charge in [-0.2, -0.15) is 5.10 Å². The highest BCUT2D eigenvalue weighted by Crippen LogP contribution is 2.27. The Morgan fingerprint density at radius 3 is 2.40 bits per heavy atom. The minimum atomic E-state index is -0.159. The number of halogens is 1. The van der Waals surface area contributed by atoms with Gasteiger partial charge in [-0.1, -0.05) is 35.9 Å². The molecule has 178 valence electrons. The van der Waals surface area contributed by atoms with E-state index in [1.54, 1.807) is 16.9 Å². The molecule has 0 radical (unpaired) electrons. The number of benzene rings is 2. The molecule has 35 heavy (non-hydrogen) atoms. The second-order valence-corrected chi connectivity index (χ2v) is 9.09. The molecule has 1 fully saturated rings. The number of nitrogens with one attached hydrogen (secondary N) is 1. The Morgan fingerprint density at radius 1 is 0.971 bits per heavy atom. The molecule has 0 unspecified atom stereocenters. The second-order valence-electron chi connectivity index (χ2n) is 8.69. The Morgan fingerprint density at radius 2 is 1.69 bits per heavy atom. The standard InChI is InChI=1S/C27H26ClN5O2/c1-19-23(28)10-7-11-24(19)30-25(34)20-12-16-32(17-13-20)27(35)22-18-29-33(21-8-3-2-4-9-21)26(22)31-14-5-6-15-31/h2-11,14-15,18,20H,12-13,16-17H2,1H3,(H,30,34). The second kappa shape index (κ2) is 9.80. The molecule has 2 amide bonds. The maximum absolute atomic E-state index is 13.6. The number of piperidine rings is 1. The molecule has 2 aromatic carbocycles. The summed E-state index contributed by atoms with van der Waals surface area (Å²) < 4.78 is 3.68. The van der Waals surface area contributed by atoms with E-state index in [0.717, 1.165) is 16.9 Å². The van der Waals surface area contributed by atoms with E-state index in [1.807, 2.05) is 83.4 Å². The fourth-order valence-corrected chi connectivity index (χ4v) is 4.64. The number of likely N-dealkylation sites (tertiary alicyclic amines) is 1. The molecule has 0 saturated carbocycles. The van der Waals surface area contributed by atoms with Gasteiger partial charge >= 0.3 is 0 Å². The lowest BCUT2D eigenvalue weighted by Crippen LogP contribution is -2.41. The van der Waals surface area contributed by atoms with Crippen molar-refractivity contribution in [1.82, 2.24) is 19.2 Å². The van der Waals surface area contributed by atoms with Gasteiger partial charge in [0.05, 0.1) is 11.9 Å². The molecule has 1 N–H and O–H groups in total. The van der Waals surface area contributed by atoms with Gasteiger partial charge in [0.15, 0.2) is 5.82 Å². The molecule has 0 bridgehead atoms. The van der Waals surface area contributed by atoms with Crippen LogP contribution in [0.2, 0.25) is 5.02 Å². The first-order valence-electron chi connectivity index (χ1n) is 11.6. The molecule has 0 atom stereocenters. The molecular weight excluding hydrogens is 462 g/mol. The summed E-state index contributed by atoms with van der Waals surface area (Å²) in [7, 11) is 0. The summed E-state index contributed by atoms with van der Waals surface area (Å²) in [5.74, 6) is 0.420. The Hall–Kier alpha value is -3.84. The Balaban J connectivity index is 1.31. The molecule has 0 spiro atoms. The van der Waals surface area contributed by atoms with Crippen molar-refractivity contribution in [3.8, 4) is 11.5 Å². The van der Waals surface area contributed by atoms with Gasteiger partial charge in [0, 0.05) is 42.1 Å². The van der Waals surface area contributed by atoms with E-state index in [1.165, 1.54) is 0 Å². The first-order chi connectivity index (χ1) is 17.0. The minimum absolute atomic E-state index is 0.0348. The highest BCUT2D eigenvalue weighted by atomic mass is 35.5. The third-order valence-electron chi connectivity index (χ3n) is 6.50. The van der Waals surface area contributed by atoms with Gasteiger partial charge < -0.3 is 14.8 Å². The highest BCUT2D eigenvalue weighted by Gasteiger charge is 2.30. The van der Waals surface area contributed by atoms with Crippen LogP contribution in [0.25, 0.3) is 11.5 Å². The van der Waals surface area contributed by atoms with Gasteiger partial charge in [-0.25, -0.2) is 4.68 Å². The SMILES string of the molecule is Cc1c(Cl)cccc1NC(=O)C1CCN(C(=O)c2cnn(-c3ccccc3)c2-n2cccc2)CC1. The van der Waals surface area contributed by atoms with Gasteiger partial charge in [0.2, 0.25) is 5.91 Å². The van der Waals surface area contributed by atoms with Crippen LogP contribution in [-0.4, -0.2) is 44.2 Å². The van der Waals surface area contributed by atoms with Gasteiger partial charge in [-0.3, -0.25) is 9.59 Å². The lowest BCUT2D eigenvalue weighted by Gasteiger charge is -2.31. The van der Waals surface area contributed by atoms with Crippen molar-refractivity contribution in [3.05, 3.63) is 95.4 Å². The summed E-state index contributed by atoms with van der Waals surface area (Å²) in [5.41, 5.74) is 2.98. The summed E-state index contributed by atoms with van der Waals surface area (Å²) in [6.07, 6.45) is 6.64. The topological polar surface area (TPSA) is 72.2 Å². The van der Waals surface area contributed by atoms with E-state index in [-0.39, 0.29) is 17.7 Å². The first-order valence-corrected chi connectivity index (χ1v) is 12.0. The average molecular weight is 488 g/mol. The molecular formula is C27H26ClN5O2. The van der Waals surface area contributed by atoms with E-state index in [2.05, 4.69) is 10.4 Å². The molecule has 3 heterocycles. The van der Waals surface area contributed by atoms with Crippen molar-refractivity contribution in [2.24, 2.45) is 5.92 Å². The number of nitrogens with zero attached hydrogens (tertiary/aromatic N) is 4. The number of amides is 2. The summed E-state index contributed by atoms with van der Waals surface area (Å²) in [6, 6.07) is 19.1. The number of anilines is 1. The van der Waals surface area contributed by atoms with Gasteiger partial charge in [0.1, 0.15) is 5.56 Å². The van der Waals surface area contributed by atoms with E-state index in [0.29, 0.717) is 42.3 Å². The molecule has 8 heteroatoms. The van der Waals surface area contributed by atoms with Crippen LogP contribution in [0.15, 0.2) is 79.3 Å². The lowest BCUT2D eigenvalue weighted by atomic mass is 9.95. The van der Waals surface area contributed by atoms with Crippen molar-refractivity contribution in [1.29, 1.82) is 0 Å². The number of hydrogen-bond donors (Lipinski definition) is 1. The van der Waals surface area contributed by atoms with Gasteiger partial charge in [-0.15, -0.1) is 0 Å². The summed E-state index contributed by atoms with van der Waals surface area (Å²) in [6.45, 7) is 2.90. The van der Waals surface area contributed by atoms with E-state index in [9.17, 15) is 9.59 Å². The molecule has 5 rings (SSSR count). The summed E-state index contributed by atoms with van der Waals surface area (Å²) in [4.78, 5) is 28.2. The van der Waals surface area contributed by atoms with Crippen LogP contribution in [0.4, 0.5) is 5.69 Å². The van der Waals surface area contributed by atoms with E-state index in [4.69, 9.17) is 11.6 Å². The van der Waals surface area contributed by atoms with Crippen LogP contribution in [-0.2, 0) is 4.79 Å². The minimum Gasteiger partial charge on any atom is -0.338 e. The number of carbonyl (C=O) groups is 2. The molecule has 0 aliphatic carbocycles. The maximum atomic E-state index is 13.6. The average Bonchev–Trinajstić information content (AvgIpc) is 3.57. The van der Waals surface area contributed by atoms with E-state index >= 15 is 0 Å². The van der Waals surface area contributed by atoms with Crippen LogP contribution >= 0.6 is 11.6 Å². The normalized spacial score (nSPS) is 14.2. The van der Waals surface area contributed by atoms with Crippen LogP contribution in [0.3, 0.4) is 0 Å². The zero-order valence-electron chi connectivity index (χ0n) is 19.4. The highest BCUT2D eigenvalue weighted by molar-refractivity contribution is 6.31. The van der Waals surface area contributed by atoms with Crippen LogP contribution in [0, 0.1) is 12.8 Å². The number of carbonyl (C=O) groups excluding carboxylic acids is 2. The van der Waals surface area contributed by atoms with Crippen molar-refractivity contribution in [2.45, 2.75) is 19.8 Å². The smallest absolute Gasteiger partial charge is 0.259 e. The fraction of sp³-hybridized carbons (Fsp3) is 0.222. The Labute approximate surface area is 208 Å². The fourth-order valence-electron chi connectivity index (χ4n) is 4.47. The van der Waals surface area contributed by atoms with Gasteiger partial charge in [-0.05, 0) is 61.7 Å². The largest absolute Gasteiger partial charge is 0.338 e. The van der Waals surface area contributed by atoms with Gasteiger partial charge in [0.25, 0.3) is 5.91 Å². The third kappa shape index (κ3) is 4.59. The van der Waals surface area contributed by atoms with Crippen LogP contribution in [0.1, 0.15) is 28.8 Å². The predicted molar refractivity (Wildman–Crippen MR) is 136 cm³/mol. The predicted octanol–water partition coefficient (Wildman–Crippen LogP) is 5.12. The monoisotopic (exact) mass is 487 g/mol. The molecule has 7 nitrogen and oxygen atoms in total. The van der Waals surface area contributed by atoms with Crippen molar-refractivity contribution < 1.29 is 9.59 Å². The Kier molecular flexibility index (Phi) is 6.42. The molecule has 1 aliphatic heterocycles. The summed E-state index contributed by atoms with van der Waals surface area (Å²) >= 11 is 6.18. The van der Waals surface area contributed by atoms with Crippen molar-refractivity contribution in [2.75, 3.05) is 18.4 Å². The number of para-hydroxylation sites is 1. The summed E-state index contributed by atoms with van der Waals surface area (Å²) in [5, 5.41) is 8.16. The number of aromatic nitrogens is 3. The van der Waals surface area contributed by atoms with Crippen molar-refractivity contribution >= 4 is 29.1 Å². The number of rotatable bonds is 5. The maximum Gasteiger partial charge on any atom is 0.259 e. The first kappa shape index (κ1) is 22.9. The van der Waals surface area contributed by atoms with E-state index < -0.39 is 0 Å². The van der Waals surface area contributed by atoms with Crippen LogP contribution < -0.4 is 5.32 Å². The Bertz CT molecular complexity index is 1340. The molecule has 4 aromatic rings. The van der Waals surface area contributed by atoms with Crippen molar-refractivity contribution in [3.63, 3.8) is 0 Å².